The van der Waals surface area contributed by atoms with Gasteiger partial charge in [-0.1, -0.05) is 162 Å². The third-order valence-electron chi connectivity index (χ3n) is 10.8. The van der Waals surface area contributed by atoms with E-state index in [4.69, 9.17) is 0 Å². The molecule has 6 aromatic rings. The van der Waals surface area contributed by atoms with Crippen LogP contribution >= 0.6 is 0 Å². The topological polar surface area (TPSA) is 25.8 Å². The number of hydrogen-bond acceptors (Lipinski definition) is 2. The highest BCUT2D eigenvalue weighted by atomic mass is 19.1. The van der Waals surface area contributed by atoms with Crippen molar-refractivity contribution in [3.8, 4) is 0 Å². The molecule has 0 saturated heterocycles. The van der Waals surface area contributed by atoms with Crippen LogP contribution in [0.3, 0.4) is 0 Å². The van der Waals surface area contributed by atoms with Crippen molar-refractivity contribution in [2.24, 2.45) is 0 Å². The van der Waals surface area contributed by atoms with Crippen LogP contribution in [0.2, 0.25) is 0 Å². The summed E-state index contributed by atoms with van der Waals surface area (Å²) in [6, 6.07) is 34.6. The van der Waals surface area contributed by atoms with Gasteiger partial charge >= 0.3 is 0 Å². The molecule has 0 amide bonds. The third-order valence-corrected chi connectivity index (χ3v) is 10.8. The minimum atomic E-state index is -0.396. The smallest absolute Gasteiger partial charge is 0.213 e. The summed E-state index contributed by atoms with van der Waals surface area (Å²) in [5.74, 6) is 2.57. The van der Waals surface area contributed by atoms with Crippen molar-refractivity contribution >= 4 is 0 Å². The van der Waals surface area contributed by atoms with Gasteiger partial charge in [0, 0.05) is 17.6 Å². The SMILES string of the molecule is Cc1c(F)cccc1C(C)C.Cc1cc(F)ccc1C(C)C.Cc1ccccc1C(C)C.Cc1ccccc1C(C)C.Cc1nc(F)ccc1C(C)C.Cc1ncccc1C(C)C. The fourth-order valence-electron chi connectivity index (χ4n) is 7.26. The summed E-state index contributed by atoms with van der Waals surface area (Å²) in [5, 5.41) is 0. The largest absolute Gasteiger partial charge is 0.261 e. The van der Waals surface area contributed by atoms with Gasteiger partial charge in [-0.3, -0.25) is 4.98 Å². The van der Waals surface area contributed by atoms with Crippen LogP contribution in [0.25, 0.3) is 0 Å². The van der Waals surface area contributed by atoms with E-state index < -0.39 is 5.95 Å². The first kappa shape index (κ1) is 56.0. The molecule has 0 N–H and O–H groups in total. The maximum Gasteiger partial charge on any atom is 0.213 e. The van der Waals surface area contributed by atoms with E-state index in [1.54, 1.807) is 18.2 Å². The molecule has 0 atom stereocenters. The number of benzene rings is 4. The molecule has 2 heterocycles. The second-order valence-corrected chi connectivity index (χ2v) is 18.1. The van der Waals surface area contributed by atoms with E-state index in [1.807, 2.05) is 45.2 Å². The second kappa shape index (κ2) is 28.6. The average Bonchev–Trinajstić information content (AvgIpc) is 3.20. The Labute approximate surface area is 381 Å². The summed E-state index contributed by atoms with van der Waals surface area (Å²) in [7, 11) is 0. The highest BCUT2D eigenvalue weighted by molar-refractivity contribution is 5.31. The summed E-state index contributed by atoms with van der Waals surface area (Å²) in [4.78, 5) is 7.93. The van der Waals surface area contributed by atoms with E-state index in [-0.39, 0.29) is 11.6 Å². The van der Waals surface area contributed by atoms with E-state index in [1.165, 1.54) is 51.6 Å². The minimum Gasteiger partial charge on any atom is -0.261 e. The van der Waals surface area contributed by atoms with Crippen molar-refractivity contribution in [1.82, 2.24) is 9.97 Å². The number of halogens is 3. The Morgan fingerprint density at radius 2 is 0.762 bits per heavy atom. The standard InChI is InChI=1S/2C10H13F.2C10H14.C9H12FN.C9H13N/c1-7(2)10-5-4-9(11)6-8(10)3;1-7(2)9-5-4-6-10(11)8(9)3;2*1-8(2)10-7-5-4-6-9(10)3;1-6(2)8-4-5-9(10)11-7(8)3;1-7(2)9-5-4-6-10-8(9)3/h2*4-7H,1-3H3;2*4-8H,1-3H3;4-6H,1-3H3;4-7H,1-3H3. The Balaban J connectivity index is 0.000000378. The molecule has 2 aromatic heterocycles. The van der Waals surface area contributed by atoms with Crippen LogP contribution in [0.5, 0.6) is 0 Å². The molecule has 5 heteroatoms. The van der Waals surface area contributed by atoms with Crippen molar-refractivity contribution in [3.05, 3.63) is 200 Å². The van der Waals surface area contributed by atoms with Crippen LogP contribution < -0.4 is 0 Å². The van der Waals surface area contributed by atoms with E-state index in [2.05, 4.69) is 168 Å². The van der Waals surface area contributed by atoms with Gasteiger partial charge in [0.25, 0.3) is 0 Å². The highest BCUT2D eigenvalue weighted by Gasteiger charge is 2.07. The summed E-state index contributed by atoms with van der Waals surface area (Å²) in [6.07, 6.45) is 1.83. The minimum absolute atomic E-state index is 0.101. The Hall–Kier alpha value is -5.03. The Morgan fingerprint density at radius 3 is 1.13 bits per heavy atom. The number of pyridine rings is 2. The van der Waals surface area contributed by atoms with Crippen LogP contribution in [-0.2, 0) is 0 Å². The number of aromatic nitrogens is 2. The van der Waals surface area contributed by atoms with Crippen LogP contribution in [0.1, 0.15) is 186 Å². The van der Waals surface area contributed by atoms with Gasteiger partial charge in [0.2, 0.25) is 5.95 Å². The first-order valence-corrected chi connectivity index (χ1v) is 22.7. The van der Waals surface area contributed by atoms with Crippen molar-refractivity contribution in [3.63, 3.8) is 0 Å². The van der Waals surface area contributed by atoms with Gasteiger partial charge in [0.15, 0.2) is 0 Å². The van der Waals surface area contributed by atoms with E-state index in [0.717, 1.165) is 33.6 Å². The lowest BCUT2D eigenvalue weighted by Gasteiger charge is -2.08. The molecule has 0 radical (unpaired) electrons. The van der Waals surface area contributed by atoms with Gasteiger partial charge in [-0.05, 0) is 163 Å². The molecule has 0 spiro atoms. The van der Waals surface area contributed by atoms with Gasteiger partial charge in [0.1, 0.15) is 11.6 Å². The fraction of sp³-hybridized carbons (Fsp3) is 0.414. The lowest BCUT2D eigenvalue weighted by atomic mass is 9.98. The normalized spacial score (nSPS) is 10.5. The zero-order chi connectivity index (χ0) is 48.0. The average molecular weight is 861 g/mol. The molecular formula is C58H79F3N2. The van der Waals surface area contributed by atoms with Gasteiger partial charge in [-0.2, -0.15) is 4.39 Å². The van der Waals surface area contributed by atoms with E-state index >= 15 is 0 Å². The summed E-state index contributed by atoms with van der Waals surface area (Å²) in [6.45, 7) is 37.7. The van der Waals surface area contributed by atoms with Crippen molar-refractivity contribution < 1.29 is 13.2 Å². The quantitative estimate of drug-likeness (QED) is 0.156. The van der Waals surface area contributed by atoms with Gasteiger partial charge in [-0.15, -0.1) is 0 Å². The molecule has 0 aliphatic heterocycles. The molecule has 2 nitrogen and oxygen atoms in total. The lowest BCUT2D eigenvalue weighted by molar-refractivity contribution is 0.576. The molecule has 0 fully saturated rings. The van der Waals surface area contributed by atoms with Crippen LogP contribution in [0.4, 0.5) is 13.2 Å². The zero-order valence-electron chi connectivity index (χ0n) is 42.0. The molecular weight excluding hydrogens is 782 g/mol. The van der Waals surface area contributed by atoms with E-state index in [9.17, 15) is 13.2 Å². The monoisotopic (exact) mass is 861 g/mol. The van der Waals surface area contributed by atoms with Crippen molar-refractivity contribution in [1.29, 1.82) is 0 Å². The third kappa shape index (κ3) is 20.4. The van der Waals surface area contributed by atoms with Gasteiger partial charge in [0.05, 0.1) is 0 Å². The Kier molecular flexibility index (Phi) is 25.4. The number of rotatable bonds is 6. The molecule has 0 aliphatic rings. The van der Waals surface area contributed by atoms with E-state index in [0.29, 0.717) is 35.5 Å². The Bertz CT molecular complexity index is 2040. The maximum absolute atomic E-state index is 12.9. The molecule has 342 valence electrons. The molecule has 0 unspecified atom stereocenters. The summed E-state index contributed by atoms with van der Waals surface area (Å²) < 4.78 is 38.1. The zero-order valence-corrected chi connectivity index (χ0v) is 42.0. The first-order valence-electron chi connectivity index (χ1n) is 22.7. The van der Waals surface area contributed by atoms with Gasteiger partial charge in [-0.25, -0.2) is 13.8 Å². The Morgan fingerprint density at radius 1 is 0.365 bits per heavy atom. The summed E-state index contributed by atoms with van der Waals surface area (Å²) in [5.41, 5.74) is 14.3. The molecule has 0 aliphatic carbocycles. The molecule has 0 saturated carbocycles. The van der Waals surface area contributed by atoms with Crippen LogP contribution in [-0.4, -0.2) is 9.97 Å². The van der Waals surface area contributed by atoms with Crippen LogP contribution in [0, 0.1) is 59.1 Å². The maximum atomic E-state index is 12.9. The number of hydrogen-bond donors (Lipinski definition) is 0. The molecule has 4 aromatic carbocycles. The molecule has 6 rings (SSSR count). The van der Waals surface area contributed by atoms with Crippen molar-refractivity contribution in [2.75, 3.05) is 0 Å². The van der Waals surface area contributed by atoms with Crippen LogP contribution in [0.15, 0.2) is 115 Å². The summed E-state index contributed by atoms with van der Waals surface area (Å²) >= 11 is 0. The molecule has 0 bridgehead atoms. The predicted octanol–water partition coefficient (Wildman–Crippen LogP) is 17.9. The predicted molar refractivity (Wildman–Crippen MR) is 267 cm³/mol. The number of nitrogens with zero attached hydrogens (tertiary/aromatic N) is 2. The fourth-order valence-corrected chi connectivity index (χ4v) is 7.26. The lowest BCUT2D eigenvalue weighted by Crippen LogP contribution is -1.96. The number of aryl methyl sites for hydroxylation is 5. The van der Waals surface area contributed by atoms with Crippen molar-refractivity contribution in [2.45, 2.75) is 160 Å². The van der Waals surface area contributed by atoms with Gasteiger partial charge < -0.3 is 0 Å². The highest BCUT2D eigenvalue weighted by Crippen LogP contribution is 2.22. The first-order chi connectivity index (χ1) is 29.5. The molecule has 63 heavy (non-hydrogen) atoms. The second-order valence-electron chi connectivity index (χ2n) is 18.1.